The molecule has 0 heterocycles. The molecule has 0 aromatic heterocycles. The Hall–Kier alpha value is -1.87. The minimum atomic E-state index is -0.616. The number of aliphatic hydroxyl groups excluding tert-OH is 1. The Morgan fingerprint density at radius 3 is 2.60 bits per heavy atom. The van der Waals surface area contributed by atoms with Crippen molar-refractivity contribution in [3.05, 3.63) is 54.6 Å². The summed E-state index contributed by atoms with van der Waals surface area (Å²) in [7, 11) is 0. The highest BCUT2D eigenvalue weighted by molar-refractivity contribution is 5.48. The normalized spacial score (nSPS) is 12.8. The van der Waals surface area contributed by atoms with Crippen LogP contribution in [0.2, 0.25) is 0 Å². The monoisotopic (exact) mass is 274 g/mol. The van der Waals surface area contributed by atoms with Gasteiger partial charge in [0.2, 0.25) is 0 Å². The maximum Gasteiger partial charge on any atom is 0.119 e. The molecule has 0 aliphatic rings. The standard InChI is InChI=1S/C17H22O3/c18-14-10-5-3-1-2-4-7-11-16(19)15-20-17-12-8-6-9-13-17/h2,4,6-9,11-14,16,19H,1,3,5,10,15H2/b4-2+,11-7+. The Morgan fingerprint density at radius 2 is 1.85 bits per heavy atom. The van der Waals surface area contributed by atoms with Crippen LogP contribution in [0.3, 0.4) is 0 Å². The summed E-state index contributed by atoms with van der Waals surface area (Å²) in [5, 5.41) is 9.70. The second-order valence-electron chi connectivity index (χ2n) is 4.46. The minimum Gasteiger partial charge on any atom is -0.491 e. The van der Waals surface area contributed by atoms with Gasteiger partial charge in [0.05, 0.1) is 0 Å². The highest BCUT2D eigenvalue weighted by Gasteiger charge is 1.99. The highest BCUT2D eigenvalue weighted by Crippen LogP contribution is 2.08. The topological polar surface area (TPSA) is 46.5 Å². The third kappa shape index (κ3) is 8.27. The molecule has 0 aliphatic carbocycles. The Balaban J connectivity index is 2.12. The summed E-state index contributed by atoms with van der Waals surface area (Å²) in [6, 6.07) is 9.42. The summed E-state index contributed by atoms with van der Waals surface area (Å²) >= 11 is 0. The number of rotatable bonds is 10. The lowest BCUT2D eigenvalue weighted by molar-refractivity contribution is -0.107. The van der Waals surface area contributed by atoms with Crippen LogP contribution < -0.4 is 4.74 Å². The van der Waals surface area contributed by atoms with Crippen molar-refractivity contribution < 1.29 is 14.6 Å². The van der Waals surface area contributed by atoms with E-state index in [9.17, 15) is 9.90 Å². The first-order chi connectivity index (χ1) is 9.83. The van der Waals surface area contributed by atoms with E-state index < -0.39 is 6.10 Å². The zero-order valence-electron chi connectivity index (χ0n) is 11.7. The van der Waals surface area contributed by atoms with E-state index in [4.69, 9.17) is 4.74 Å². The molecule has 0 radical (unpaired) electrons. The first kappa shape index (κ1) is 16.2. The highest BCUT2D eigenvalue weighted by atomic mass is 16.5. The van der Waals surface area contributed by atoms with Gasteiger partial charge in [-0.25, -0.2) is 0 Å². The molecule has 0 spiro atoms. The summed E-state index contributed by atoms with van der Waals surface area (Å²) in [4.78, 5) is 10.1. The lowest BCUT2D eigenvalue weighted by atomic mass is 10.2. The number of hydrogen-bond acceptors (Lipinski definition) is 3. The van der Waals surface area contributed by atoms with Gasteiger partial charge in [-0.1, -0.05) is 42.5 Å². The van der Waals surface area contributed by atoms with E-state index in [1.54, 1.807) is 6.08 Å². The Labute approximate surface area is 120 Å². The molecule has 0 saturated carbocycles. The fraction of sp³-hybridized carbons (Fsp3) is 0.353. The summed E-state index contributed by atoms with van der Waals surface area (Å²) in [6.45, 7) is 0.244. The molecule has 1 aromatic carbocycles. The van der Waals surface area contributed by atoms with E-state index in [0.717, 1.165) is 31.3 Å². The molecule has 20 heavy (non-hydrogen) atoms. The van der Waals surface area contributed by atoms with Crippen molar-refractivity contribution in [3.8, 4) is 5.75 Å². The maximum absolute atomic E-state index is 10.1. The van der Waals surface area contributed by atoms with Crippen molar-refractivity contribution in [2.45, 2.75) is 31.8 Å². The fourth-order valence-electron chi connectivity index (χ4n) is 1.61. The Bertz CT molecular complexity index is 410. The fourth-order valence-corrected chi connectivity index (χ4v) is 1.61. The van der Waals surface area contributed by atoms with E-state index in [1.165, 1.54) is 0 Å². The number of benzene rings is 1. The van der Waals surface area contributed by atoms with Crippen LogP contribution in [-0.4, -0.2) is 24.1 Å². The van der Waals surface area contributed by atoms with E-state index >= 15 is 0 Å². The van der Waals surface area contributed by atoms with Crippen LogP contribution >= 0.6 is 0 Å². The van der Waals surface area contributed by atoms with Crippen molar-refractivity contribution >= 4 is 6.29 Å². The first-order valence-electron chi connectivity index (χ1n) is 6.96. The zero-order valence-corrected chi connectivity index (χ0v) is 11.7. The van der Waals surface area contributed by atoms with E-state index in [-0.39, 0.29) is 6.61 Å². The molecule has 1 unspecified atom stereocenters. The molecular formula is C17H22O3. The van der Waals surface area contributed by atoms with Gasteiger partial charge in [0, 0.05) is 6.42 Å². The van der Waals surface area contributed by atoms with Crippen LogP contribution in [0.1, 0.15) is 25.7 Å². The minimum absolute atomic E-state index is 0.244. The third-order valence-corrected chi connectivity index (χ3v) is 2.69. The lowest BCUT2D eigenvalue weighted by Gasteiger charge is -2.08. The van der Waals surface area contributed by atoms with E-state index in [1.807, 2.05) is 48.6 Å². The zero-order chi connectivity index (χ0) is 14.5. The van der Waals surface area contributed by atoms with Crippen molar-refractivity contribution in [2.24, 2.45) is 0 Å². The number of ether oxygens (including phenoxy) is 1. The van der Waals surface area contributed by atoms with Gasteiger partial charge in [-0.15, -0.1) is 0 Å². The molecule has 3 heteroatoms. The summed E-state index contributed by atoms with van der Waals surface area (Å²) in [6.07, 6.45) is 11.3. The average molecular weight is 274 g/mol. The molecule has 0 aliphatic heterocycles. The molecule has 0 amide bonds. The van der Waals surface area contributed by atoms with Gasteiger partial charge in [-0.3, -0.25) is 0 Å². The van der Waals surface area contributed by atoms with Gasteiger partial charge < -0.3 is 14.6 Å². The number of hydrogen-bond donors (Lipinski definition) is 1. The number of para-hydroxylation sites is 1. The van der Waals surface area contributed by atoms with Crippen LogP contribution in [0.5, 0.6) is 5.75 Å². The number of allylic oxidation sites excluding steroid dienone is 3. The Kier molecular flexibility index (Phi) is 8.90. The number of carbonyl (C=O) groups excluding carboxylic acids is 1. The van der Waals surface area contributed by atoms with Gasteiger partial charge in [-0.2, -0.15) is 0 Å². The molecule has 1 aromatic rings. The van der Waals surface area contributed by atoms with Crippen LogP contribution in [0.15, 0.2) is 54.6 Å². The summed E-state index contributed by atoms with van der Waals surface area (Å²) in [5.74, 6) is 0.755. The molecule has 3 nitrogen and oxygen atoms in total. The number of unbranched alkanes of at least 4 members (excludes halogenated alkanes) is 3. The van der Waals surface area contributed by atoms with Crippen LogP contribution in [-0.2, 0) is 4.79 Å². The van der Waals surface area contributed by atoms with Crippen molar-refractivity contribution in [2.75, 3.05) is 6.61 Å². The molecule has 0 bridgehead atoms. The third-order valence-electron chi connectivity index (χ3n) is 2.69. The molecule has 1 rings (SSSR count). The molecule has 1 N–H and O–H groups in total. The van der Waals surface area contributed by atoms with Gasteiger partial charge >= 0.3 is 0 Å². The van der Waals surface area contributed by atoms with Crippen LogP contribution in [0, 0.1) is 0 Å². The molecule has 0 fully saturated rings. The smallest absolute Gasteiger partial charge is 0.119 e. The molecule has 108 valence electrons. The summed E-state index contributed by atoms with van der Waals surface area (Å²) in [5.41, 5.74) is 0. The predicted octanol–water partition coefficient (Wildman–Crippen LogP) is 3.30. The molecule has 0 saturated heterocycles. The molecular weight excluding hydrogens is 252 g/mol. The second-order valence-corrected chi connectivity index (χ2v) is 4.46. The largest absolute Gasteiger partial charge is 0.491 e. The van der Waals surface area contributed by atoms with Crippen LogP contribution in [0.4, 0.5) is 0 Å². The van der Waals surface area contributed by atoms with Gasteiger partial charge in [0.1, 0.15) is 24.7 Å². The predicted molar refractivity (Wildman–Crippen MR) is 80.8 cm³/mol. The summed E-state index contributed by atoms with van der Waals surface area (Å²) < 4.78 is 5.43. The van der Waals surface area contributed by atoms with Crippen LogP contribution in [0.25, 0.3) is 0 Å². The van der Waals surface area contributed by atoms with Crippen molar-refractivity contribution in [1.82, 2.24) is 0 Å². The quantitative estimate of drug-likeness (QED) is 0.404. The number of carbonyl (C=O) groups is 1. The number of aldehydes is 1. The Morgan fingerprint density at radius 1 is 1.10 bits per heavy atom. The SMILES string of the molecule is O=CCCCC/C=C/C=C/C(O)COc1ccccc1. The first-order valence-corrected chi connectivity index (χ1v) is 6.96. The number of aliphatic hydroxyl groups is 1. The lowest BCUT2D eigenvalue weighted by Crippen LogP contribution is -2.14. The van der Waals surface area contributed by atoms with Gasteiger partial charge in [-0.05, 0) is 31.4 Å². The van der Waals surface area contributed by atoms with Gasteiger partial charge in [0.25, 0.3) is 0 Å². The van der Waals surface area contributed by atoms with Crippen molar-refractivity contribution in [1.29, 1.82) is 0 Å². The van der Waals surface area contributed by atoms with Gasteiger partial charge in [0.15, 0.2) is 0 Å². The second kappa shape index (κ2) is 11.0. The van der Waals surface area contributed by atoms with E-state index in [2.05, 4.69) is 0 Å². The average Bonchev–Trinajstić information content (AvgIpc) is 2.49. The van der Waals surface area contributed by atoms with E-state index in [0.29, 0.717) is 6.42 Å². The maximum atomic E-state index is 10.1. The molecule has 1 atom stereocenters. The van der Waals surface area contributed by atoms with Crippen molar-refractivity contribution in [3.63, 3.8) is 0 Å².